The van der Waals surface area contributed by atoms with Crippen LogP contribution >= 0.6 is 23.7 Å². The highest BCUT2D eigenvalue weighted by Gasteiger charge is 2.40. The van der Waals surface area contributed by atoms with E-state index in [0.29, 0.717) is 11.8 Å². The predicted octanol–water partition coefficient (Wildman–Crippen LogP) is 3.16. The number of anilines is 1. The molecule has 2 aliphatic rings. The van der Waals surface area contributed by atoms with Gasteiger partial charge >= 0.3 is 6.18 Å². The Labute approximate surface area is 148 Å². The third-order valence-electron chi connectivity index (χ3n) is 4.83. The van der Waals surface area contributed by atoms with E-state index in [-0.39, 0.29) is 40.4 Å². The van der Waals surface area contributed by atoms with Crippen molar-refractivity contribution in [2.45, 2.75) is 50.7 Å². The van der Waals surface area contributed by atoms with E-state index < -0.39 is 12.6 Å². The Hall–Kier alpha value is -0.930. The summed E-state index contributed by atoms with van der Waals surface area (Å²) in [5.74, 6) is 0.422. The van der Waals surface area contributed by atoms with E-state index in [4.69, 9.17) is 5.73 Å². The SMILES string of the molecule is Cl.NC1C2CCCC1CC(C(=O)Nc1nnc(CC(F)(F)F)s1)C2. The third-order valence-corrected chi connectivity index (χ3v) is 5.67. The summed E-state index contributed by atoms with van der Waals surface area (Å²) in [4.78, 5) is 12.4. The monoisotopic (exact) mass is 384 g/mol. The van der Waals surface area contributed by atoms with E-state index in [1.165, 1.54) is 0 Å². The molecule has 24 heavy (non-hydrogen) atoms. The molecular formula is C14H20ClF3N4OS. The predicted molar refractivity (Wildman–Crippen MR) is 87.1 cm³/mol. The van der Waals surface area contributed by atoms with Crippen molar-refractivity contribution < 1.29 is 18.0 Å². The lowest BCUT2D eigenvalue weighted by atomic mass is 9.65. The van der Waals surface area contributed by atoms with Crippen LogP contribution < -0.4 is 11.1 Å². The molecule has 0 radical (unpaired) electrons. The lowest BCUT2D eigenvalue weighted by Crippen LogP contribution is -2.48. The van der Waals surface area contributed by atoms with Crippen LogP contribution in [0.3, 0.4) is 0 Å². The van der Waals surface area contributed by atoms with E-state index in [9.17, 15) is 18.0 Å². The van der Waals surface area contributed by atoms with Crippen LogP contribution in [0.4, 0.5) is 18.3 Å². The van der Waals surface area contributed by atoms with Gasteiger partial charge in [-0.25, -0.2) is 0 Å². The highest BCUT2D eigenvalue weighted by molar-refractivity contribution is 7.15. The Morgan fingerprint density at radius 1 is 1.25 bits per heavy atom. The Bertz CT molecular complexity index is 569. The summed E-state index contributed by atoms with van der Waals surface area (Å²) >= 11 is 0.775. The zero-order chi connectivity index (χ0) is 16.6. The van der Waals surface area contributed by atoms with Gasteiger partial charge in [0.25, 0.3) is 0 Å². The van der Waals surface area contributed by atoms with Crippen molar-refractivity contribution in [2.24, 2.45) is 23.5 Å². The lowest BCUT2D eigenvalue weighted by Gasteiger charge is -2.43. The van der Waals surface area contributed by atoms with Crippen LogP contribution in [0.25, 0.3) is 0 Å². The van der Waals surface area contributed by atoms with Crippen LogP contribution in [-0.4, -0.2) is 28.3 Å². The number of nitrogens with zero attached hydrogens (tertiary/aromatic N) is 2. The second-order valence-corrected chi connectivity index (χ2v) is 7.54. The van der Waals surface area contributed by atoms with Gasteiger partial charge in [-0.05, 0) is 37.5 Å². The second-order valence-electron chi connectivity index (χ2n) is 6.48. The molecule has 1 aromatic heterocycles. The van der Waals surface area contributed by atoms with Crippen molar-refractivity contribution in [3.63, 3.8) is 0 Å². The summed E-state index contributed by atoms with van der Waals surface area (Å²) in [6, 6.07) is 0.174. The average Bonchev–Trinajstić information content (AvgIpc) is 2.83. The van der Waals surface area contributed by atoms with Crippen molar-refractivity contribution in [2.75, 3.05) is 5.32 Å². The molecule has 3 N–H and O–H groups in total. The van der Waals surface area contributed by atoms with Crippen molar-refractivity contribution in [1.82, 2.24) is 10.2 Å². The fourth-order valence-electron chi connectivity index (χ4n) is 3.76. The van der Waals surface area contributed by atoms with E-state index >= 15 is 0 Å². The number of hydrogen-bond donors (Lipinski definition) is 2. The lowest BCUT2D eigenvalue weighted by molar-refractivity contribution is -0.127. The molecule has 0 saturated heterocycles. The first-order valence-corrected chi connectivity index (χ1v) is 8.59. The highest BCUT2D eigenvalue weighted by Crippen LogP contribution is 2.42. The van der Waals surface area contributed by atoms with Gasteiger partial charge in [0.1, 0.15) is 5.01 Å². The minimum absolute atomic E-state index is 0. The maximum atomic E-state index is 12.4. The number of nitrogens with two attached hydrogens (primary N) is 1. The molecule has 2 bridgehead atoms. The van der Waals surface area contributed by atoms with Gasteiger partial charge in [0.2, 0.25) is 11.0 Å². The number of halogens is 4. The van der Waals surface area contributed by atoms with Crippen LogP contribution in [0.15, 0.2) is 0 Å². The average molecular weight is 385 g/mol. The largest absolute Gasteiger partial charge is 0.395 e. The van der Waals surface area contributed by atoms with E-state index in [1.54, 1.807) is 0 Å². The van der Waals surface area contributed by atoms with Gasteiger partial charge in [0.15, 0.2) is 0 Å². The van der Waals surface area contributed by atoms with Crippen LogP contribution in [0.1, 0.15) is 37.1 Å². The molecular weight excluding hydrogens is 365 g/mol. The number of carbonyl (C=O) groups is 1. The molecule has 1 amide bonds. The third kappa shape index (κ3) is 4.58. The van der Waals surface area contributed by atoms with E-state index in [2.05, 4.69) is 15.5 Å². The second kappa shape index (κ2) is 7.53. The van der Waals surface area contributed by atoms with Gasteiger partial charge in [-0.1, -0.05) is 17.8 Å². The van der Waals surface area contributed by atoms with E-state index in [1.807, 2.05) is 0 Å². The molecule has 5 nitrogen and oxygen atoms in total. The van der Waals surface area contributed by atoms with Crippen LogP contribution in [0.2, 0.25) is 0 Å². The zero-order valence-corrected chi connectivity index (χ0v) is 14.5. The fraction of sp³-hybridized carbons (Fsp3) is 0.786. The van der Waals surface area contributed by atoms with E-state index in [0.717, 1.165) is 43.4 Å². The first-order chi connectivity index (χ1) is 10.8. The first-order valence-electron chi connectivity index (χ1n) is 7.77. The molecule has 3 rings (SSSR count). The smallest absolute Gasteiger partial charge is 0.327 e. The number of nitrogens with one attached hydrogen (secondary N) is 1. The molecule has 1 aromatic rings. The number of carbonyl (C=O) groups excluding carboxylic acids is 1. The molecule has 2 fully saturated rings. The Morgan fingerprint density at radius 3 is 2.46 bits per heavy atom. The van der Waals surface area contributed by atoms with Crippen molar-refractivity contribution in [1.29, 1.82) is 0 Å². The Kier molecular flexibility index (Phi) is 6.09. The topological polar surface area (TPSA) is 80.9 Å². The Balaban J connectivity index is 0.00000208. The summed E-state index contributed by atoms with van der Waals surface area (Å²) in [6.45, 7) is 0. The molecule has 0 aromatic carbocycles. The van der Waals surface area contributed by atoms with Gasteiger partial charge in [-0.15, -0.1) is 22.6 Å². The zero-order valence-electron chi connectivity index (χ0n) is 12.9. The molecule has 136 valence electrons. The number of rotatable bonds is 3. The molecule has 2 aliphatic carbocycles. The number of hydrogen-bond acceptors (Lipinski definition) is 5. The van der Waals surface area contributed by atoms with Gasteiger partial charge in [0, 0.05) is 12.0 Å². The van der Waals surface area contributed by atoms with Crippen LogP contribution in [0.5, 0.6) is 0 Å². The summed E-state index contributed by atoms with van der Waals surface area (Å²) in [5, 5.41) is 9.73. The van der Waals surface area contributed by atoms with Crippen LogP contribution in [0, 0.1) is 17.8 Å². The van der Waals surface area contributed by atoms with Crippen LogP contribution in [-0.2, 0) is 11.2 Å². The minimum atomic E-state index is -4.32. The van der Waals surface area contributed by atoms with Gasteiger partial charge in [-0.3, -0.25) is 4.79 Å². The fourth-order valence-corrected chi connectivity index (χ4v) is 4.53. The van der Waals surface area contributed by atoms with Crippen molar-refractivity contribution in [3.05, 3.63) is 5.01 Å². The van der Waals surface area contributed by atoms with Crippen molar-refractivity contribution in [3.8, 4) is 0 Å². The summed E-state index contributed by atoms with van der Waals surface area (Å²) in [5.41, 5.74) is 6.20. The van der Waals surface area contributed by atoms with Gasteiger partial charge in [-0.2, -0.15) is 13.2 Å². The number of fused-ring (bicyclic) bond motifs is 2. The quantitative estimate of drug-likeness (QED) is 0.838. The maximum absolute atomic E-state index is 12.4. The molecule has 0 aliphatic heterocycles. The molecule has 0 spiro atoms. The maximum Gasteiger partial charge on any atom is 0.395 e. The summed E-state index contributed by atoms with van der Waals surface area (Å²) in [7, 11) is 0. The summed E-state index contributed by atoms with van der Waals surface area (Å²) in [6.07, 6.45) is -0.684. The standard InChI is InChI=1S/C14H19F3N4OS.ClH/c15-14(16,17)6-10-20-21-13(23-10)19-12(22)9-4-7-2-1-3-8(5-9)11(7)18;/h7-9,11H,1-6,18H2,(H,19,21,22);1H. The normalized spacial score (nSPS) is 29.7. The first kappa shape index (κ1) is 19.4. The number of amides is 1. The molecule has 2 atom stereocenters. The van der Waals surface area contributed by atoms with Gasteiger partial charge < -0.3 is 11.1 Å². The Morgan fingerprint density at radius 2 is 1.88 bits per heavy atom. The highest BCUT2D eigenvalue weighted by atomic mass is 35.5. The molecule has 2 unspecified atom stereocenters. The number of aromatic nitrogens is 2. The van der Waals surface area contributed by atoms with Gasteiger partial charge in [0.05, 0.1) is 6.42 Å². The van der Waals surface area contributed by atoms with Crippen molar-refractivity contribution >= 4 is 34.8 Å². The minimum Gasteiger partial charge on any atom is -0.327 e. The summed E-state index contributed by atoms with van der Waals surface area (Å²) < 4.78 is 36.9. The molecule has 2 saturated carbocycles. The molecule has 10 heteroatoms. The number of alkyl halides is 3. The molecule has 1 heterocycles.